The monoisotopic (exact) mass is 404 g/mol. The summed E-state index contributed by atoms with van der Waals surface area (Å²) in [5.74, 6) is 0.690. The van der Waals surface area contributed by atoms with Crippen LogP contribution in [0, 0.1) is 0 Å². The highest BCUT2D eigenvalue weighted by atomic mass is 32.2. The van der Waals surface area contributed by atoms with Gasteiger partial charge in [-0.3, -0.25) is 4.79 Å². The van der Waals surface area contributed by atoms with Gasteiger partial charge in [0.05, 0.1) is 11.2 Å². The van der Waals surface area contributed by atoms with Crippen molar-refractivity contribution in [3.8, 4) is 0 Å². The Kier molecular flexibility index (Phi) is 6.91. The van der Waals surface area contributed by atoms with E-state index in [0.717, 1.165) is 44.3 Å². The fraction of sp³-hybridized carbons (Fsp3) is 0.476. The fourth-order valence-electron chi connectivity index (χ4n) is 3.40. The van der Waals surface area contributed by atoms with Crippen LogP contribution in [0.4, 0.5) is 0 Å². The summed E-state index contributed by atoms with van der Waals surface area (Å²) in [6.07, 6.45) is 7.10. The van der Waals surface area contributed by atoms with Crippen molar-refractivity contribution in [1.29, 1.82) is 0 Å². The van der Waals surface area contributed by atoms with Gasteiger partial charge >= 0.3 is 0 Å². The quantitative estimate of drug-likeness (QED) is 0.765. The molecule has 1 N–H and O–H groups in total. The lowest BCUT2D eigenvalue weighted by atomic mass is 10.1. The first-order chi connectivity index (χ1) is 13.5. The maximum atomic E-state index is 12.8. The van der Waals surface area contributed by atoms with Gasteiger partial charge in [0.1, 0.15) is 5.76 Å². The minimum absolute atomic E-state index is 0.0156. The first-order valence-corrected chi connectivity index (χ1v) is 11.3. The maximum Gasteiger partial charge on any atom is 0.251 e. The number of benzene rings is 1. The minimum Gasteiger partial charge on any atom is -0.469 e. The molecule has 152 valence electrons. The van der Waals surface area contributed by atoms with Crippen LogP contribution in [0.1, 0.15) is 55.1 Å². The van der Waals surface area contributed by atoms with Crippen molar-refractivity contribution in [3.05, 3.63) is 54.0 Å². The van der Waals surface area contributed by atoms with E-state index in [1.807, 2.05) is 19.1 Å². The molecule has 7 heteroatoms. The number of carbonyl (C=O) groups excluding carboxylic acids is 1. The number of hydrogen-bond acceptors (Lipinski definition) is 4. The molecule has 1 atom stereocenters. The van der Waals surface area contributed by atoms with Gasteiger partial charge in [0, 0.05) is 31.1 Å². The summed E-state index contributed by atoms with van der Waals surface area (Å²) in [5, 5.41) is 2.95. The SMILES string of the molecule is CC(CCc1ccco1)NC(=O)c1ccc(S(=O)(=O)N2CCCCCC2)cc1. The van der Waals surface area contributed by atoms with Gasteiger partial charge in [0.15, 0.2) is 0 Å². The average Bonchev–Trinajstić information content (AvgIpc) is 3.06. The van der Waals surface area contributed by atoms with Crippen molar-refractivity contribution in [2.24, 2.45) is 0 Å². The van der Waals surface area contributed by atoms with Crippen molar-refractivity contribution in [3.63, 3.8) is 0 Å². The zero-order valence-corrected chi connectivity index (χ0v) is 17.1. The number of nitrogens with zero attached hydrogens (tertiary/aromatic N) is 1. The molecule has 1 aromatic carbocycles. The minimum atomic E-state index is -3.49. The molecule has 1 fully saturated rings. The Morgan fingerprint density at radius 3 is 2.39 bits per heavy atom. The summed E-state index contributed by atoms with van der Waals surface area (Å²) in [6.45, 7) is 3.08. The predicted octanol–water partition coefficient (Wildman–Crippen LogP) is 3.60. The second-order valence-corrected chi connectivity index (χ2v) is 9.27. The molecule has 1 aliphatic rings. The molecule has 1 aliphatic heterocycles. The van der Waals surface area contributed by atoms with Crippen molar-refractivity contribution >= 4 is 15.9 Å². The van der Waals surface area contributed by atoms with E-state index >= 15 is 0 Å². The largest absolute Gasteiger partial charge is 0.469 e. The number of nitrogens with one attached hydrogen (secondary N) is 1. The highest BCUT2D eigenvalue weighted by Crippen LogP contribution is 2.20. The van der Waals surface area contributed by atoms with Crippen LogP contribution < -0.4 is 5.32 Å². The van der Waals surface area contributed by atoms with Gasteiger partial charge in [-0.1, -0.05) is 12.8 Å². The van der Waals surface area contributed by atoms with E-state index in [0.29, 0.717) is 18.7 Å². The van der Waals surface area contributed by atoms with Crippen LogP contribution in [0.5, 0.6) is 0 Å². The third-order valence-corrected chi connectivity index (χ3v) is 7.01. The van der Waals surface area contributed by atoms with Gasteiger partial charge < -0.3 is 9.73 Å². The molecule has 6 nitrogen and oxygen atoms in total. The maximum absolute atomic E-state index is 12.8. The van der Waals surface area contributed by atoms with Crippen LogP contribution in [0.15, 0.2) is 52.0 Å². The molecule has 0 bridgehead atoms. The summed E-state index contributed by atoms with van der Waals surface area (Å²) < 4.78 is 32.5. The lowest BCUT2D eigenvalue weighted by Crippen LogP contribution is -2.33. The Bertz CT molecular complexity index is 852. The second-order valence-electron chi connectivity index (χ2n) is 7.34. The Morgan fingerprint density at radius 2 is 1.79 bits per heavy atom. The van der Waals surface area contributed by atoms with Crippen molar-refractivity contribution in [2.75, 3.05) is 13.1 Å². The van der Waals surface area contributed by atoms with Crippen molar-refractivity contribution in [2.45, 2.75) is 56.4 Å². The van der Waals surface area contributed by atoms with Crippen LogP contribution >= 0.6 is 0 Å². The molecule has 0 saturated carbocycles. The van der Waals surface area contributed by atoms with Gasteiger partial charge in [0.2, 0.25) is 10.0 Å². The number of furan rings is 1. The molecule has 0 aliphatic carbocycles. The van der Waals surface area contributed by atoms with E-state index < -0.39 is 10.0 Å². The standard InChI is InChI=1S/C21H28N2O4S/c1-17(8-11-19-7-6-16-27-19)22-21(24)18-9-12-20(13-10-18)28(25,26)23-14-4-2-3-5-15-23/h6-7,9-10,12-13,16-17H,2-5,8,11,14-15H2,1H3,(H,22,24). The molecule has 1 unspecified atom stereocenters. The van der Waals surface area contributed by atoms with E-state index in [4.69, 9.17) is 4.42 Å². The highest BCUT2D eigenvalue weighted by Gasteiger charge is 2.25. The Morgan fingerprint density at radius 1 is 1.11 bits per heavy atom. The molecular formula is C21H28N2O4S. The molecule has 1 aromatic heterocycles. The van der Waals surface area contributed by atoms with Crippen LogP contribution in [-0.4, -0.2) is 37.8 Å². The molecule has 3 rings (SSSR count). The average molecular weight is 405 g/mol. The number of sulfonamides is 1. The smallest absolute Gasteiger partial charge is 0.251 e. The lowest BCUT2D eigenvalue weighted by molar-refractivity contribution is 0.0938. The molecule has 0 radical (unpaired) electrons. The van der Waals surface area contributed by atoms with Crippen LogP contribution in [0.3, 0.4) is 0 Å². The lowest BCUT2D eigenvalue weighted by Gasteiger charge is -2.20. The summed E-state index contributed by atoms with van der Waals surface area (Å²) >= 11 is 0. The zero-order chi connectivity index (χ0) is 20.0. The zero-order valence-electron chi connectivity index (χ0n) is 16.3. The second kappa shape index (κ2) is 9.39. The normalized spacial score (nSPS) is 17.0. The third kappa shape index (κ3) is 5.23. The molecule has 28 heavy (non-hydrogen) atoms. The van der Waals surface area contributed by atoms with Crippen LogP contribution in [0.25, 0.3) is 0 Å². The molecule has 1 amide bonds. The summed E-state index contributed by atoms with van der Waals surface area (Å²) in [6, 6.07) is 9.97. The van der Waals surface area contributed by atoms with E-state index in [2.05, 4.69) is 5.32 Å². The van der Waals surface area contributed by atoms with Gasteiger partial charge in [-0.25, -0.2) is 8.42 Å². The summed E-state index contributed by atoms with van der Waals surface area (Å²) in [5.41, 5.74) is 0.458. The Labute approximate surface area is 167 Å². The van der Waals surface area contributed by atoms with Gasteiger partial charge in [-0.2, -0.15) is 4.31 Å². The number of aryl methyl sites for hydroxylation is 1. The Hall–Kier alpha value is -2.12. The van der Waals surface area contributed by atoms with Crippen molar-refractivity contribution in [1.82, 2.24) is 9.62 Å². The van der Waals surface area contributed by atoms with E-state index in [9.17, 15) is 13.2 Å². The first kappa shape index (κ1) is 20.6. The fourth-order valence-corrected chi connectivity index (χ4v) is 4.92. The molecule has 2 aromatic rings. The summed E-state index contributed by atoms with van der Waals surface area (Å²) in [4.78, 5) is 12.7. The number of amides is 1. The van der Waals surface area contributed by atoms with Gasteiger partial charge in [0.25, 0.3) is 5.91 Å². The predicted molar refractivity (Wildman–Crippen MR) is 108 cm³/mol. The molecule has 2 heterocycles. The van der Waals surface area contributed by atoms with Gasteiger partial charge in [-0.05, 0) is 62.6 Å². The van der Waals surface area contributed by atoms with Crippen LogP contribution in [0.2, 0.25) is 0 Å². The Balaban J connectivity index is 1.58. The molecule has 0 spiro atoms. The number of rotatable bonds is 7. The third-order valence-electron chi connectivity index (χ3n) is 5.10. The van der Waals surface area contributed by atoms with Crippen molar-refractivity contribution < 1.29 is 17.6 Å². The van der Waals surface area contributed by atoms with Crippen LogP contribution in [-0.2, 0) is 16.4 Å². The number of hydrogen-bond donors (Lipinski definition) is 1. The van der Waals surface area contributed by atoms with Gasteiger partial charge in [-0.15, -0.1) is 0 Å². The van der Waals surface area contributed by atoms with E-state index in [1.165, 1.54) is 12.1 Å². The first-order valence-electron chi connectivity index (χ1n) is 9.90. The number of carbonyl (C=O) groups is 1. The molecule has 1 saturated heterocycles. The topological polar surface area (TPSA) is 79.6 Å². The molecular weight excluding hydrogens is 376 g/mol. The van der Waals surface area contributed by atoms with E-state index in [1.54, 1.807) is 22.7 Å². The highest BCUT2D eigenvalue weighted by molar-refractivity contribution is 7.89. The van der Waals surface area contributed by atoms with E-state index in [-0.39, 0.29) is 16.8 Å². The summed E-state index contributed by atoms with van der Waals surface area (Å²) in [7, 11) is -3.49.